The number of aliphatic hydroxyl groups is 1. The van der Waals surface area contributed by atoms with E-state index in [2.05, 4.69) is 69.4 Å². The first-order chi connectivity index (χ1) is 37.2. The minimum atomic E-state index is -4.77. The summed E-state index contributed by atoms with van der Waals surface area (Å²) in [7, 11) is -4.77. The smallest absolute Gasteiger partial charge is 0.462 e. The van der Waals surface area contributed by atoms with Crippen LogP contribution in [0.15, 0.2) is 72.9 Å². The van der Waals surface area contributed by atoms with E-state index in [0.29, 0.717) is 19.3 Å². The second-order valence-corrected chi connectivity index (χ2v) is 22.0. The maximum atomic E-state index is 12.9. The molecule has 3 atom stereocenters. The molecule has 0 radical (unpaired) electrons. The van der Waals surface area contributed by atoms with Crippen LogP contribution in [-0.2, 0) is 42.2 Å². The largest absolute Gasteiger partial charge is 0.472 e. The predicted molar refractivity (Wildman–Crippen MR) is 316 cm³/mol. The summed E-state index contributed by atoms with van der Waals surface area (Å²) in [5.41, 5.74) is 0. The molecule has 0 aromatic carbocycles. The molecule has 0 fully saturated rings. The lowest BCUT2D eigenvalue weighted by Crippen LogP contribution is -2.30. The Labute approximate surface area is 465 Å². The maximum absolute atomic E-state index is 12.9. The molecule has 12 heteroatoms. The number of hydrogen-bond acceptors (Lipinski definition) is 10. The number of ether oxygens (including phenoxy) is 3. The minimum absolute atomic E-state index is 0.0552. The molecule has 0 bridgehead atoms. The van der Waals surface area contributed by atoms with Crippen LogP contribution in [0, 0.1) is 0 Å². The molecular formula is C64H113O11P. The molecule has 2 N–H and O–H groups in total. The number of phosphoric ester groups is 1. The van der Waals surface area contributed by atoms with Gasteiger partial charge in [-0.3, -0.25) is 23.4 Å². The van der Waals surface area contributed by atoms with Crippen LogP contribution in [0.1, 0.15) is 278 Å². The lowest BCUT2D eigenvalue weighted by atomic mass is 10.0. The zero-order valence-electron chi connectivity index (χ0n) is 48.7. The van der Waals surface area contributed by atoms with Gasteiger partial charge in [-0.2, -0.15) is 0 Å². The molecule has 76 heavy (non-hydrogen) atoms. The molecule has 0 rings (SSSR count). The number of rotatable bonds is 57. The molecule has 3 unspecified atom stereocenters. The number of carbonyl (C=O) groups excluding carboxylic acids is 3. The molecule has 0 aromatic heterocycles. The normalized spacial score (nSPS) is 13.8. The van der Waals surface area contributed by atoms with Crippen molar-refractivity contribution in [1.29, 1.82) is 0 Å². The van der Waals surface area contributed by atoms with Gasteiger partial charge in [0.15, 0.2) is 6.10 Å². The summed E-state index contributed by atoms with van der Waals surface area (Å²) < 4.78 is 39.5. The van der Waals surface area contributed by atoms with Gasteiger partial charge in [0.25, 0.3) is 0 Å². The van der Waals surface area contributed by atoms with Gasteiger partial charge in [-0.05, 0) is 70.6 Å². The van der Waals surface area contributed by atoms with Crippen LogP contribution in [0.4, 0.5) is 0 Å². The zero-order valence-corrected chi connectivity index (χ0v) is 49.6. The van der Waals surface area contributed by atoms with Gasteiger partial charge < -0.3 is 24.2 Å². The van der Waals surface area contributed by atoms with E-state index in [0.717, 1.165) is 64.2 Å². The lowest BCUT2D eigenvalue weighted by Gasteiger charge is -2.21. The topological polar surface area (TPSA) is 155 Å². The van der Waals surface area contributed by atoms with Gasteiger partial charge >= 0.3 is 25.7 Å². The van der Waals surface area contributed by atoms with Crippen LogP contribution < -0.4 is 0 Å². The predicted octanol–water partition coefficient (Wildman–Crippen LogP) is 18.5. The van der Waals surface area contributed by atoms with Gasteiger partial charge in [-0.15, -0.1) is 0 Å². The number of allylic oxidation sites excluding steroid dienone is 11. The number of phosphoric acid groups is 1. The average molecular weight is 1090 g/mol. The molecule has 0 heterocycles. The third kappa shape index (κ3) is 55.7. The molecule has 0 aromatic rings. The van der Waals surface area contributed by atoms with Crippen molar-refractivity contribution >= 4 is 25.7 Å². The maximum Gasteiger partial charge on any atom is 0.472 e. The third-order valence-corrected chi connectivity index (χ3v) is 14.1. The number of carbonyl (C=O) groups is 3. The SMILES string of the molecule is CC/C=C\C/C=C\C/C=C\C/C=C\C/C=C\CC(=O)OC(CO)COP(=O)(O)OCC(COC(=O)CCCCCCCCCCCCCCCCC)OC(=O)CCCCCCCCCCC/C=C\CCCCCCCC. The molecule has 0 amide bonds. The molecule has 0 saturated heterocycles. The molecule has 0 aliphatic rings. The van der Waals surface area contributed by atoms with Gasteiger partial charge in [0.1, 0.15) is 12.7 Å². The molecule has 11 nitrogen and oxygen atoms in total. The van der Waals surface area contributed by atoms with Crippen molar-refractivity contribution in [3.63, 3.8) is 0 Å². The van der Waals surface area contributed by atoms with E-state index in [1.54, 1.807) is 6.08 Å². The second kappa shape index (κ2) is 58.1. The highest BCUT2D eigenvalue weighted by Gasteiger charge is 2.28. The average Bonchev–Trinajstić information content (AvgIpc) is 3.41. The monoisotopic (exact) mass is 1090 g/mol. The van der Waals surface area contributed by atoms with E-state index in [1.807, 2.05) is 18.2 Å². The van der Waals surface area contributed by atoms with Gasteiger partial charge in [-0.1, -0.05) is 261 Å². The first-order valence-corrected chi connectivity index (χ1v) is 32.3. The Morgan fingerprint density at radius 1 is 0.395 bits per heavy atom. The van der Waals surface area contributed by atoms with Crippen molar-refractivity contribution in [1.82, 2.24) is 0 Å². The van der Waals surface area contributed by atoms with Crippen molar-refractivity contribution < 1.29 is 52.2 Å². The van der Waals surface area contributed by atoms with Gasteiger partial charge in [0, 0.05) is 12.8 Å². The number of unbranched alkanes of at least 4 members (excludes halogenated alkanes) is 29. The first-order valence-electron chi connectivity index (χ1n) is 30.8. The van der Waals surface area contributed by atoms with Crippen LogP contribution in [0.25, 0.3) is 0 Å². The Morgan fingerprint density at radius 3 is 1.14 bits per heavy atom. The van der Waals surface area contributed by atoms with Gasteiger partial charge in [0.05, 0.1) is 26.2 Å². The number of esters is 3. The van der Waals surface area contributed by atoms with Crippen LogP contribution in [-0.4, -0.2) is 66.5 Å². The van der Waals surface area contributed by atoms with E-state index in [4.69, 9.17) is 23.3 Å². The fourth-order valence-electron chi connectivity index (χ4n) is 8.49. The summed E-state index contributed by atoms with van der Waals surface area (Å²) in [6.45, 7) is 4.45. The van der Waals surface area contributed by atoms with Crippen LogP contribution in [0.3, 0.4) is 0 Å². The van der Waals surface area contributed by atoms with Crippen molar-refractivity contribution in [3.8, 4) is 0 Å². The summed E-state index contributed by atoms with van der Waals surface area (Å²) in [6, 6.07) is 0. The second-order valence-electron chi connectivity index (χ2n) is 20.5. The number of hydrogen-bond donors (Lipinski definition) is 2. The van der Waals surface area contributed by atoms with Crippen LogP contribution >= 0.6 is 7.82 Å². The number of aliphatic hydroxyl groups excluding tert-OH is 1. The molecular weight excluding hydrogens is 976 g/mol. The summed E-state index contributed by atoms with van der Waals surface area (Å²) >= 11 is 0. The Balaban J connectivity index is 4.77. The highest BCUT2D eigenvalue weighted by atomic mass is 31.2. The summed E-state index contributed by atoms with van der Waals surface area (Å²) in [6.07, 6.45) is 66.0. The van der Waals surface area contributed by atoms with Crippen LogP contribution in [0.2, 0.25) is 0 Å². The molecule has 0 aliphatic carbocycles. The van der Waals surface area contributed by atoms with Gasteiger partial charge in [0.2, 0.25) is 0 Å². The highest BCUT2D eigenvalue weighted by molar-refractivity contribution is 7.47. The van der Waals surface area contributed by atoms with Crippen molar-refractivity contribution in [2.45, 2.75) is 290 Å². The minimum Gasteiger partial charge on any atom is -0.462 e. The Morgan fingerprint density at radius 2 is 0.737 bits per heavy atom. The zero-order chi connectivity index (χ0) is 55.5. The fourth-order valence-corrected chi connectivity index (χ4v) is 9.27. The third-order valence-electron chi connectivity index (χ3n) is 13.1. The Hall–Kier alpha value is -3.08. The van der Waals surface area contributed by atoms with Gasteiger partial charge in [-0.25, -0.2) is 4.57 Å². The van der Waals surface area contributed by atoms with E-state index in [9.17, 15) is 28.9 Å². The van der Waals surface area contributed by atoms with E-state index in [1.165, 1.54) is 154 Å². The molecule has 0 spiro atoms. The quantitative estimate of drug-likeness (QED) is 0.0197. The van der Waals surface area contributed by atoms with Crippen molar-refractivity contribution in [3.05, 3.63) is 72.9 Å². The summed E-state index contributed by atoms with van der Waals surface area (Å²) in [5.74, 6) is -1.59. The highest BCUT2D eigenvalue weighted by Crippen LogP contribution is 2.43. The fraction of sp³-hybridized carbons (Fsp3) is 0.766. The van der Waals surface area contributed by atoms with Crippen molar-refractivity contribution in [2.75, 3.05) is 26.4 Å². The van der Waals surface area contributed by atoms with E-state index in [-0.39, 0.29) is 25.9 Å². The van der Waals surface area contributed by atoms with E-state index >= 15 is 0 Å². The van der Waals surface area contributed by atoms with Crippen LogP contribution in [0.5, 0.6) is 0 Å². The summed E-state index contributed by atoms with van der Waals surface area (Å²) in [5, 5.41) is 9.81. The first kappa shape index (κ1) is 72.9. The molecule has 0 aliphatic heterocycles. The molecule has 0 saturated carbocycles. The Kier molecular flexibility index (Phi) is 55.7. The van der Waals surface area contributed by atoms with Crippen molar-refractivity contribution in [2.24, 2.45) is 0 Å². The lowest BCUT2D eigenvalue weighted by molar-refractivity contribution is -0.161. The molecule has 440 valence electrons. The standard InChI is InChI=1S/C64H113O11P/c1-4-7-10-13-16-19-22-25-28-29-30-31-34-37-40-43-46-49-52-55-64(68)75-61(57-71-62(66)53-50-47-44-41-38-35-32-26-23-20-17-14-11-8-5-2)59-73-76(69,70)72-58-60(56-65)74-63(67)54-51-48-45-42-39-36-33-27-24-21-18-15-12-9-6-3/h9,12,18,21,25,27-28,33,39,42,48,51,60-61,65H,4-8,10-11,13-17,19-20,22-24,26,29-32,34-38,40-41,43-47,49-50,52-59H2,1-3H3,(H,69,70)/b12-9-,21-18-,28-25-,33-27-,42-39-,51-48-. The Bertz CT molecular complexity index is 1550. The summed E-state index contributed by atoms with van der Waals surface area (Å²) in [4.78, 5) is 48.6. The van der Waals surface area contributed by atoms with E-state index < -0.39 is 57.8 Å².